The molecule has 0 aliphatic carbocycles. The highest BCUT2D eigenvalue weighted by atomic mass is 79.9. The van der Waals surface area contributed by atoms with Crippen LogP contribution in [0.1, 0.15) is 0 Å². The van der Waals surface area contributed by atoms with Crippen LogP contribution in [-0.2, 0) is 11.3 Å². The van der Waals surface area contributed by atoms with Crippen molar-refractivity contribution in [2.75, 3.05) is 6.54 Å². The normalized spacial score (nSPS) is 11.3. The van der Waals surface area contributed by atoms with Crippen LogP contribution in [0, 0.1) is 0 Å². The highest BCUT2D eigenvalue weighted by Gasteiger charge is 2.27. The Morgan fingerprint density at radius 1 is 1.47 bits per heavy atom. The molecule has 0 fully saturated rings. The van der Waals surface area contributed by atoms with Crippen molar-refractivity contribution in [2.45, 2.75) is 12.7 Å². The summed E-state index contributed by atoms with van der Waals surface area (Å²) in [5, 5.41) is 1.68. The van der Waals surface area contributed by atoms with Crippen LogP contribution in [0.2, 0.25) is 0 Å². The van der Waals surface area contributed by atoms with Gasteiger partial charge in [-0.1, -0.05) is 0 Å². The quantitative estimate of drug-likeness (QED) is 0.914. The summed E-state index contributed by atoms with van der Waals surface area (Å²) >= 11 is 2.96. The van der Waals surface area contributed by atoms with Gasteiger partial charge in [-0.3, -0.25) is 9.59 Å². The zero-order valence-electron chi connectivity index (χ0n) is 8.42. The summed E-state index contributed by atoms with van der Waals surface area (Å²) < 4.78 is 36.7. The van der Waals surface area contributed by atoms with Crippen LogP contribution in [0.15, 0.2) is 27.6 Å². The van der Waals surface area contributed by atoms with Gasteiger partial charge in [-0.25, -0.2) is 0 Å². The van der Waals surface area contributed by atoms with E-state index in [9.17, 15) is 22.8 Å². The molecule has 94 valence electrons. The first-order chi connectivity index (χ1) is 7.79. The summed E-state index contributed by atoms with van der Waals surface area (Å²) in [4.78, 5) is 22.6. The maximum atomic E-state index is 11.8. The Kier molecular flexibility index (Phi) is 4.33. The predicted molar refractivity (Wildman–Crippen MR) is 57.5 cm³/mol. The second kappa shape index (κ2) is 5.35. The van der Waals surface area contributed by atoms with Crippen LogP contribution in [-0.4, -0.2) is 23.2 Å². The Morgan fingerprint density at radius 2 is 2.12 bits per heavy atom. The number of alkyl halides is 3. The van der Waals surface area contributed by atoms with E-state index in [1.807, 2.05) is 0 Å². The number of pyridine rings is 1. The SMILES string of the molecule is O=C(Cn1cccc(Br)c1=O)NCC(F)(F)F. The zero-order chi connectivity index (χ0) is 13.1. The molecule has 0 saturated heterocycles. The summed E-state index contributed by atoms with van der Waals surface area (Å²) in [6, 6.07) is 2.98. The molecular formula is C9H8BrF3N2O2. The first-order valence-corrected chi connectivity index (χ1v) is 5.27. The van der Waals surface area contributed by atoms with E-state index in [1.54, 1.807) is 5.32 Å². The van der Waals surface area contributed by atoms with Gasteiger partial charge in [-0.2, -0.15) is 13.2 Å². The van der Waals surface area contributed by atoms with Gasteiger partial charge in [-0.15, -0.1) is 0 Å². The lowest BCUT2D eigenvalue weighted by Gasteiger charge is -2.09. The number of carbonyl (C=O) groups is 1. The Morgan fingerprint density at radius 3 is 2.71 bits per heavy atom. The fourth-order valence-electron chi connectivity index (χ4n) is 1.04. The standard InChI is InChI=1S/C9H8BrF3N2O2/c10-6-2-1-3-15(8(6)17)4-7(16)14-5-9(11,12)13/h1-3H,4-5H2,(H,14,16). The third-order valence-corrected chi connectivity index (χ3v) is 2.38. The average Bonchev–Trinajstić information content (AvgIpc) is 2.21. The van der Waals surface area contributed by atoms with E-state index in [2.05, 4.69) is 15.9 Å². The minimum absolute atomic E-state index is 0.239. The molecule has 0 radical (unpaired) electrons. The highest BCUT2D eigenvalue weighted by molar-refractivity contribution is 9.10. The fourth-order valence-corrected chi connectivity index (χ4v) is 1.42. The Balaban J connectivity index is 2.63. The van der Waals surface area contributed by atoms with Crippen LogP contribution >= 0.6 is 15.9 Å². The van der Waals surface area contributed by atoms with Gasteiger partial charge in [0.1, 0.15) is 13.1 Å². The van der Waals surface area contributed by atoms with Gasteiger partial charge in [0.25, 0.3) is 5.56 Å². The van der Waals surface area contributed by atoms with Crippen molar-refractivity contribution in [3.05, 3.63) is 33.2 Å². The highest BCUT2D eigenvalue weighted by Crippen LogP contribution is 2.12. The van der Waals surface area contributed by atoms with Crippen molar-refractivity contribution in [1.82, 2.24) is 9.88 Å². The molecule has 1 amide bonds. The lowest BCUT2D eigenvalue weighted by atomic mass is 10.4. The van der Waals surface area contributed by atoms with Gasteiger partial charge in [0.05, 0.1) is 4.47 Å². The second-order valence-corrected chi connectivity index (χ2v) is 4.04. The van der Waals surface area contributed by atoms with E-state index < -0.39 is 30.7 Å². The maximum Gasteiger partial charge on any atom is 0.405 e. The molecule has 1 rings (SSSR count). The Labute approximate surface area is 103 Å². The number of nitrogens with one attached hydrogen (secondary N) is 1. The Bertz CT molecular complexity index is 470. The molecule has 1 aromatic heterocycles. The van der Waals surface area contributed by atoms with Crippen molar-refractivity contribution >= 4 is 21.8 Å². The van der Waals surface area contributed by atoms with E-state index in [4.69, 9.17) is 0 Å². The topological polar surface area (TPSA) is 51.1 Å². The van der Waals surface area contributed by atoms with E-state index in [0.29, 0.717) is 0 Å². The van der Waals surface area contributed by atoms with Crippen LogP contribution in [0.25, 0.3) is 0 Å². The van der Waals surface area contributed by atoms with E-state index in [-0.39, 0.29) is 4.47 Å². The molecule has 0 spiro atoms. The lowest BCUT2D eigenvalue weighted by molar-refractivity contribution is -0.138. The molecule has 0 saturated carbocycles. The summed E-state index contributed by atoms with van der Waals surface area (Å²) in [6.45, 7) is -1.86. The summed E-state index contributed by atoms with van der Waals surface area (Å²) in [6.07, 6.45) is -3.14. The first-order valence-electron chi connectivity index (χ1n) is 4.48. The third-order valence-electron chi connectivity index (χ3n) is 1.77. The monoisotopic (exact) mass is 312 g/mol. The molecular weight excluding hydrogens is 305 g/mol. The maximum absolute atomic E-state index is 11.8. The molecule has 17 heavy (non-hydrogen) atoms. The molecule has 0 aromatic carbocycles. The van der Waals surface area contributed by atoms with Gasteiger partial charge in [0.2, 0.25) is 5.91 Å². The number of nitrogens with zero attached hydrogens (tertiary/aromatic N) is 1. The molecule has 0 aliphatic rings. The first kappa shape index (κ1) is 13.8. The number of rotatable bonds is 3. The van der Waals surface area contributed by atoms with Gasteiger partial charge in [0.15, 0.2) is 0 Å². The van der Waals surface area contributed by atoms with Crippen molar-refractivity contribution in [2.24, 2.45) is 0 Å². The van der Waals surface area contributed by atoms with E-state index in [0.717, 1.165) is 4.57 Å². The van der Waals surface area contributed by atoms with E-state index in [1.165, 1.54) is 18.3 Å². The molecule has 0 unspecified atom stereocenters. The summed E-state index contributed by atoms with van der Waals surface area (Å²) in [7, 11) is 0. The van der Waals surface area contributed by atoms with Crippen LogP contribution in [0.5, 0.6) is 0 Å². The van der Waals surface area contributed by atoms with Crippen LogP contribution < -0.4 is 10.9 Å². The molecule has 0 atom stereocenters. The minimum Gasteiger partial charge on any atom is -0.345 e. The van der Waals surface area contributed by atoms with Gasteiger partial charge in [-0.05, 0) is 28.1 Å². The summed E-state index contributed by atoms with van der Waals surface area (Å²) in [5.41, 5.74) is -0.477. The molecule has 4 nitrogen and oxygen atoms in total. The van der Waals surface area contributed by atoms with E-state index >= 15 is 0 Å². The number of aromatic nitrogens is 1. The number of hydrogen-bond acceptors (Lipinski definition) is 2. The largest absolute Gasteiger partial charge is 0.405 e. The molecule has 1 aromatic rings. The number of amides is 1. The fraction of sp³-hybridized carbons (Fsp3) is 0.333. The smallest absolute Gasteiger partial charge is 0.345 e. The molecule has 1 heterocycles. The van der Waals surface area contributed by atoms with Gasteiger partial charge in [0, 0.05) is 6.20 Å². The minimum atomic E-state index is -4.46. The lowest BCUT2D eigenvalue weighted by Crippen LogP contribution is -2.37. The zero-order valence-corrected chi connectivity index (χ0v) is 10.0. The van der Waals surface area contributed by atoms with Crippen molar-refractivity contribution in [3.63, 3.8) is 0 Å². The van der Waals surface area contributed by atoms with Gasteiger partial charge < -0.3 is 9.88 Å². The number of carbonyl (C=O) groups excluding carboxylic acids is 1. The molecule has 0 bridgehead atoms. The third kappa shape index (κ3) is 4.59. The Hall–Kier alpha value is -1.31. The molecule has 8 heteroatoms. The van der Waals surface area contributed by atoms with Crippen molar-refractivity contribution < 1.29 is 18.0 Å². The number of halogens is 4. The molecule has 0 aliphatic heterocycles. The second-order valence-electron chi connectivity index (χ2n) is 3.18. The van der Waals surface area contributed by atoms with Crippen molar-refractivity contribution in [3.8, 4) is 0 Å². The van der Waals surface area contributed by atoms with Crippen LogP contribution in [0.3, 0.4) is 0 Å². The van der Waals surface area contributed by atoms with Crippen molar-refractivity contribution in [1.29, 1.82) is 0 Å². The molecule has 1 N–H and O–H groups in total. The number of hydrogen-bond donors (Lipinski definition) is 1. The average molecular weight is 313 g/mol. The van der Waals surface area contributed by atoms with Crippen LogP contribution in [0.4, 0.5) is 13.2 Å². The summed E-state index contributed by atoms with van der Waals surface area (Å²) in [5.74, 6) is -0.873. The van der Waals surface area contributed by atoms with Gasteiger partial charge >= 0.3 is 6.18 Å². The predicted octanol–water partition coefficient (Wildman–Crippen LogP) is 1.29.